The first-order chi connectivity index (χ1) is 9.51. The summed E-state index contributed by atoms with van der Waals surface area (Å²) in [7, 11) is 1.32. The maximum Gasteiger partial charge on any atom is 0.340 e. The maximum absolute atomic E-state index is 11.6. The molecule has 4 heteroatoms. The average Bonchev–Trinajstić information content (AvgIpc) is 2.39. The van der Waals surface area contributed by atoms with Crippen LogP contribution in [-0.2, 0) is 4.74 Å². The summed E-state index contributed by atoms with van der Waals surface area (Å²) in [6, 6.07) is 10.9. The molecule has 0 saturated heterocycles. The molecular formula is C16H17NO3. The van der Waals surface area contributed by atoms with Gasteiger partial charge in [-0.2, -0.15) is 0 Å². The zero-order valence-electron chi connectivity index (χ0n) is 11.8. The normalized spacial score (nSPS) is 10.2. The number of ether oxygens (including phenoxy) is 2. The van der Waals surface area contributed by atoms with E-state index in [0.717, 1.165) is 11.1 Å². The van der Waals surface area contributed by atoms with Gasteiger partial charge in [-0.05, 0) is 49.2 Å². The summed E-state index contributed by atoms with van der Waals surface area (Å²) in [5, 5.41) is 0. The van der Waals surface area contributed by atoms with Crippen molar-refractivity contribution in [2.75, 3.05) is 12.8 Å². The Kier molecular flexibility index (Phi) is 3.94. The molecule has 20 heavy (non-hydrogen) atoms. The predicted molar refractivity (Wildman–Crippen MR) is 78.2 cm³/mol. The van der Waals surface area contributed by atoms with Crippen molar-refractivity contribution in [3.63, 3.8) is 0 Å². The van der Waals surface area contributed by atoms with Gasteiger partial charge < -0.3 is 15.2 Å². The predicted octanol–water partition coefficient (Wildman–Crippen LogP) is 3.46. The minimum Gasteiger partial charge on any atom is -0.465 e. The molecule has 0 amide bonds. The van der Waals surface area contributed by atoms with E-state index in [4.69, 9.17) is 10.5 Å². The molecule has 2 aromatic rings. The second-order valence-corrected chi connectivity index (χ2v) is 4.63. The van der Waals surface area contributed by atoms with Gasteiger partial charge >= 0.3 is 5.97 Å². The fourth-order valence-electron chi connectivity index (χ4n) is 2.04. The number of benzene rings is 2. The molecule has 0 aliphatic heterocycles. The van der Waals surface area contributed by atoms with Crippen LogP contribution in [0.5, 0.6) is 11.5 Å². The lowest BCUT2D eigenvalue weighted by molar-refractivity contribution is 0.0601. The number of hydrogen-bond donors (Lipinski definition) is 1. The third-order valence-corrected chi connectivity index (χ3v) is 2.89. The Morgan fingerprint density at radius 3 is 2.35 bits per heavy atom. The minimum atomic E-state index is -0.478. The molecule has 0 aromatic heterocycles. The number of carbonyl (C=O) groups excluding carboxylic acids is 1. The van der Waals surface area contributed by atoms with Crippen molar-refractivity contribution in [3.05, 3.63) is 53.1 Å². The van der Waals surface area contributed by atoms with Gasteiger partial charge in [0.25, 0.3) is 0 Å². The van der Waals surface area contributed by atoms with Crippen molar-refractivity contribution >= 4 is 11.7 Å². The molecule has 0 spiro atoms. The molecule has 0 saturated carbocycles. The van der Waals surface area contributed by atoms with Crippen LogP contribution in [0.25, 0.3) is 0 Å². The molecule has 0 heterocycles. The molecule has 0 atom stereocenters. The van der Waals surface area contributed by atoms with Crippen molar-refractivity contribution < 1.29 is 14.3 Å². The Bertz CT molecular complexity index is 630. The molecule has 0 bridgehead atoms. The summed E-state index contributed by atoms with van der Waals surface area (Å²) < 4.78 is 10.5. The SMILES string of the molecule is COC(=O)c1cccc(Oc2cc(C)cc(C)c2)c1N. The Labute approximate surface area is 118 Å². The Morgan fingerprint density at radius 2 is 1.75 bits per heavy atom. The van der Waals surface area contributed by atoms with Crippen LogP contribution in [0.2, 0.25) is 0 Å². The summed E-state index contributed by atoms with van der Waals surface area (Å²) in [6.07, 6.45) is 0. The number of esters is 1. The second-order valence-electron chi connectivity index (χ2n) is 4.63. The van der Waals surface area contributed by atoms with Crippen molar-refractivity contribution in [2.24, 2.45) is 0 Å². The lowest BCUT2D eigenvalue weighted by Gasteiger charge is -2.12. The van der Waals surface area contributed by atoms with Crippen LogP contribution >= 0.6 is 0 Å². The van der Waals surface area contributed by atoms with Crippen LogP contribution in [0.15, 0.2) is 36.4 Å². The van der Waals surface area contributed by atoms with E-state index in [0.29, 0.717) is 17.1 Å². The number of para-hydroxylation sites is 1. The fourth-order valence-corrected chi connectivity index (χ4v) is 2.04. The third-order valence-electron chi connectivity index (χ3n) is 2.89. The smallest absolute Gasteiger partial charge is 0.340 e. The first kappa shape index (κ1) is 13.9. The van der Waals surface area contributed by atoms with E-state index in [2.05, 4.69) is 10.8 Å². The van der Waals surface area contributed by atoms with Crippen molar-refractivity contribution in [1.29, 1.82) is 0 Å². The van der Waals surface area contributed by atoms with Gasteiger partial charge in [0.1, 0.15) is 5.75 Å². The van der Waals surface area contributed by atoms with Crippen molar-refractivity contribution in [1.82, 2.24) is 0 Å². The number of aryl methyl sites for hydroxylation is 2. The maximum atomic E-state index is 11.6. The van der Waals surface area contributed by atoms with Gasteiger partial charge in [-0.3, -0.25) is 0 Å². The molecule has 0 unspecified atom stereocenters. The second kappa shape index (κ2) is 5.65. The Balaban J connectivity index is 2.36. The van der Waals surface area contributed by atoms with Gasteiger partial charge in [-0.1, -0.05) is 12.1 Å². The highest BCUT2D eigenvalue weighted by Crippen LogP contribution is 2.31. The molecule has 0 fully saturated rings. The standard InChI is InChI=1S/C16H17NO3/c1-10-7-11(2)9-12(8-10)20-14-6-4-5-13(15(14)17)16(18)19-3/h4-9H,17H2,1-3H3. The zero-order valence-corrected chi connectivity index (χ0v) is 11.8. The van der Waals surface area contributed by atoms with E-state index in [1.807, 2.05) is 26.0 Å². The quantitative estimate of drug-likeness (QED) is 0.686. The van der Waals surface area contributed by atoms with E-state index >= 15 is 0 Å². The summed E-state index contributed by atoms with van der Waals surface area (Å²) >= 11 is 0. The van der Waals surface area contributed by atoms with Gasteiger partial charge in [-0.15, -0.1) is 0 Å². The van der Waals surface area contributed by atoms with E-state index in [9.17, 15) is 4.79 Å². The van der Waals surface area contributed by atoms with E-state index in [1.54, 1.807) is 18.2 Å². The monoisotopic (exact) mass is 271 g/mol. The Morgan fingerprint density at radius 1 is 1.10 bits per heavy atom. The largest absolute Gasteiger partial charge is 0.465 e. The molecule has 4 nitrogen and oxygen atoms in total. The van der Waals surface area contributed by atoms with E-state index in [-0.39, 0.29) is 5.69 Å². The molecule has 2 N–H and O–H groups in total. The highest BCUT2D eigenvalue weighted by atomic mass is 16.5. The van der Waals surface area contributed by atoms with Crippen molar-refractivity contribution in [2.45, 2.75) is 13.8 Å². The van der Waals surface area contributed by atoms with E-state index in [1.165, 1.54) is 7.11 Å². The minimum absolute atomic E-state index is 0.276. The topological polar surface area (TPSA) is 61.5 Å². The van der Waals surface area contributed by atoms with Crippen molar-refractivity contribution in [3.8, 4) is 11.5 Å². The molecule has 104 valence electrons. The van der Waals surface area contributed by atoms with Gasteiger partial charge in [0, 0.05) is 0 Å². The number of nitrogen functional groups attached to an aromatic ring is 1. The highest BCUT2D eigenvalue weighted by Gasteiger charge is 2.14. The van der Waals surface area contributed by atoms with Crippen LogP contribution in [0, 0.1) is 13.8 Å². The first-order valence-electron chi connectivity index (χ1n) is 6.24. The van der Waals surface area contributed by atoms with Gasteiger partial charge in [0.2, 0.25) is 0 Å². The lowest BCUT2D eigenvalue weighted by Crippen LogP contribution is -2.06. The lowest BCUT2D eigenvalue weighted by atomic mass is 10.1. The van der Waals surface area contributed by atoms with Crippen LogP contribution in [0.1, 0.15) is 21.5 Å². The summed E-state index contributed by atoms with van der Waals surface area (Å²) in [6.45, 7) is 3.99. The van der Waals surface area contributed by atoms with Gasteiger partial charge in [-0.25, -0.2) is 4.79 Å². The number of hydrogen-bond acceptors (Lipinski definition) is 4. The molecule has 2 aromatic carbocycles. The van der Waals surface area contributed by atoms with Crippen LogP contribution < -0.4 is 10.5 Å². The van der Waals surface area contributed by atoms with Crippen LogP contribution in [0.3, 0.4) is 0 Å². The average molecular weight is 271 g/mol. The number of anilines is 1. The number of rotatable bonds is 3. The van der Waals surface area contributed by atoms with Crippen LogP contribution in [-0.4, -0.2) is 13.1 Å². The molecule has 0 aliphatic carbocycles. The van der Waals surface area contributed by atoms with Gasteiger partial charge in [0.15, 0.2) is 5.75 Å². The number of carbonyl (C=O) groups is 1. The molecule has 0 aliphatic rings. The number of methoxy groups -OCH3 is 1. The molecule has 0 radical (unpaired) electrons. The third kappa shape index (κ3) is 2.91. The summed E-state index contributed by atoms with van der Waals surface area (Å²) in [5.41, 5.74) is 8.73. The first-order valence-corrected chi connectivity index (χ1v) is 6.24. The highest BCUT2D eigenvalue weighted by molar-refractivity contribution is 5.96. The molecular weight excluding hydrogens is 254 g/mol. The van der Waals surface area contributed by atoms with E-state index < -0.39 is 5.97 Å². The zero-order chi connectivity index (χ0) is 14.7. The molecule has 2 rings (SSSR count). The van der Waals surface area contributed by atoms with Gasteiger partial charge in [0.05, 0.1) is 18.4 Å². The summed E-state index contributed by atoms with van der Waals surface area (Å²) in [4.78, 5) is 11.6. The Hall–Kier alpha value is -2.49. The van der Waals surface area contributed by atoms with Crippen LogP contribution in [0.4, 0.5) is 5.69 Å². The number of nitrogens with two attached hydrogens (primary N) is 1. The fraction of sp³-hybridized carbons (Fsp3) is 0.188. The summed E-state index contributed by atoms with van der Waals surface area (Å²) in [5.74, 6) is 0.655.